The maximum absolute atomic E-state index is 12.0. The second-order valence-corrected chi connectivity index (χ2v) is 5.52. The van der Waals surface area contributed by atoms with Crippen molar-refractivity contribution in [3.05, 3.63) is 56.2 Å². The molecule has 108 valence electrons. The Morgan fingerprint density at radius 3 is 2.43 bits per heavy atom. The first-order valence-corrected chi connectivity index (χ1v) is 7.09. The summed E-state index contributed by atoms with van der Waals surface area (Å²) in [4.78, 5) is 26.5. The molecule has 0 radical (unpaired) electrons. The molecule has 21 heavy (non-hydrogen) atoms. The third-order valence-corrected chi connectivity index (χ3v) is 4.30. The molecule has 2 aromatic rings. The van der Waals surface area contributed by atoms with Gasteiger partial charge >= 0.3 is 5.97 Å². The summed E-state index contributed by atoms with van der Waals surface area (Å²) in [6, 6.07) is 5.83. The van der Waals surface area contributed by atoms with Gasteiger partial charge in [-0.3, -0.25) is 9.78 Å². The van der Waals surface area contributed by atoms with Gasteiger partial charge in [-0.05, 0) is 40.2 Å². The molecule has 0 bridgehead atoms. The molecule has 2 rings (SSSR count). The zero-order chi connectivity index (χ0) is 15.6. The predicted octanol–water partition coefficient (Wildman–Crippen LogP) is 4.10. The van der Waals surface area contributed by atoms with Gasteiger partial charge in [0, 0.05) is 10.7 Å². The van der Waals surface area contributed by atoms with Crippen LogP contribution in [0.3, 0.4) is 0 Å². The summed E-state index contributed by atoms with van der Waals surface area (Å²) in [7, 11) is 0. The Bertz CT molecular complexity index is 720. The quantitative estimate of drug-likeness (QED) is 0.774. The second kappa shape index (κ2) is 6.43. The van der Waals surface area contributed by atoms with Gasteiger partial charge in [-0.1, -0.05) is 23.2 Å². The summed E-state index contributed by atoms with van der Waals surface area (Å²) in [6.07, 6.45) is 1.10. The van der Waals surface area contributed by atoms with Gasteiger partial charge in [0.05, 0.1) is 21.3 Å². The van der Waals surface area contributed by atoms with Crippen LogP contribution >= 0.6 is 39.1 Å². The van der Waals surface area contributed by atoms with Gasteiger partial charge in [0.1, 0.15) is 5.69 Å². The lowest BCUT2D eigenvalue weighted by Gasteiger charge is -2.09. The number of carboxylic acid groups (broad SMARTS) is 1. The number of nitrogens with one attached hydrogen (secondary N) is 1. The Hall–Kier alpha value is -1.63. The number of benzene rings is 1. The fraction of sp³-hybridized carbons (Fsp3) is 0. The normalized spacial score (nSPS) is 10.2. The van der Waals surface area contributed by atoms with Crippen molar-refractivity contribution < 1.29 is 14.7 Å². The summed E-state index contributed by atoms with van der Waals surface area (Å²) in [6.45, 7) is 0. The van der Waals surface area contributed by atoms with E-state index >= 15 is 0 Å². The Balaban J connectivity index is 2.22. The summed E-state index contributed by atoms with van der Waals surface area (Å²) in [5, 5.41) is 11.8. The molecule has 2 N–H and O–H groups in total. The lowest BCUT2D eigenvalue weighted by atomic mass is 10.2. The van der Waals surface area contributed by atoms with E-state index in [0.29, 0.717) is 10.2 Å². The van der Waals surface area contributed by atoms with Crippen LogP contribution in [0.2, 0.25) is 10.0 Å². The highest BCUT2D eigenvalue weighted by Gasteiger charge is 2.14. The molecule has 0 spiro atoms. The molecule has 1 amide bonds. The largest absolute Gasteiger partial charge is 0.478 e. The first-order chi connectivity index (χ1) is 9.90. The van der Waals surface area contributed by atoms with Crippen molar-refractivity contribution >= 4 is 56.7 Å². The van der Waals surface area contributed by atoms with Crippen LogP contribution in [0.5, 0.6) is 0 Å². The highest BCUT2D eigenvalue weighted by atomic mass is 79.9. The van der Waals surface area contributed by atoms with Gasteiger partial charge in [-0.25, -0.2) is 4.79 Å². The summed E-state index contributed by atoms with van der Waals surface area (Å²) in [5.41, 5.74) is 0.394. The average molecular weight is 390 g/mol. The summed E-state index contributed by atoms with van der Waals surface area (Å²) >= 11 is 15.2. The third-order valence-electron chi connectivity index (χ3n) is 2.53. The molecule has 0 fully saturated rings. The first-order valence-electron chi connectivity index (χ1n) is 5.54. The van der Waals surface area contributed by atoms with E-state index in [0.717, 1.165) is 6.20 Å². The van der Waals surface area contributed by atoms with Gasteiger partial charge in [0.25, 0.3) is 5.91 Å². The molecule has 0 unspecified atom stereocenters. The number of carboxylic acids is 1. The van der Waals surface area contributed by atoms with Gasteiger partial charge in [-0.15, -0.1) is 0 Å². The Morgan fingerprint density at radius 1 is 1.14 bits per heavy atom. The molecule has 5 nitrogen and oxygen atoms in total. The fourth-order valence-electron chi connectivity index (χ4n) is 1.46. The minimum atomic E-state index is -1.11. The lowest BCUT2D eigenvalue weighted by Crippen LogP contribution is -2.14. The number of anilines is 1. The number of hydrogen-bond acceptors (Lipinski definition) is 3. The van der Waals surface area contributed by atoms with Crippen molar-refractivity contribution in [2.75, 3.05) is 5.32 Å². The average Bonchev–Trinajstić information content (AvgIpc) is 2.48. The standard InChI is InChI=1S/C13H7BrCl2N2O3/c14-7-2-4-8(11(16)10(7)15)18-12(19)9-3-1-6(5-17-9)13(20)21/h1-5H,(H,18,19)(H,20,21). The molecule has 1 aromatic carbocycles. The molecule has 0 saturated carbocycles. The molecule has 0 aliphatic carbocycles. The predicted molar refractivity (Wildman–Crippen MR) is 83.3 cm³/mol. The van der Waals surface area contributed by atoms with E-state index in [-0.39, 0.29) is 21.3 Å². The monoisotopic (exact) mass is 388 g/mol. The zero-order valence-electron chi connectivity index (χ0n) is 10.2. The number of hydrogen-bond donors (Lipinski definition) is 2. The molecule has 0 atom stereocenters. The van der Waals surface area contributed by atoms with E-state index in [1.54, 1.807) is 12.1 Å². The Labute approximate surface area is 138 Å². The summed E-state index contributed by atoms with van der Waals surface area (Å²) < 4.78 is 0.608. The SMILES string of the molecule is O=C(O)c1ccc(C(=O)Nc2ccc(Br)c(Cl)c2Cl)nc1. The maximum Gasteiger partial charge on any atom is 0.337 e. The topological polar surface area (TPSA) is 79.3 Å². The van der Waals surface area contributed by atoms with Crippen molar-refractivity contribution in [1.82, 2.24) is 4.98 Å². The minimum Gasteiger partial charge on any atom is -0.478 e. The first kappa shape index (κ1) is 15.8. The van der Waals surface area contributed by atoms with Crippen LogP contribution in [0, 0.1) is 0 Å². The number of pyridine rings is 1. The zero-order valence-corrected chi connectivity index (χ0v) is 13.3. The number of carbonyl (C=O) groups excluding carboxylic acids is 1. The van der Waals surface area contributed by atoms with E-state index in [1.807, 2.05) is 0 Å². The van der Waals surface area contributed by atoms with Gasteiger partial charge in [-0.2, -0.15) is 0 Å². The number of carbonyl (C=O) groups is 2. The molecular formula is C13H7BrCl2N2O3. The third kappa shape index (κ3) is 3.53. The fourth-order valence-corrected chi connectivity index (χ4v) is 2.28. The number of rotatable bonds is 3. The molecule has 1 aromatic heterocycles. The van der Waals surface area contributed by atoms with Crippen LogP contribution in [0.25, 0.3) is 0 Å². The van der Waals surface area contributed by atoms with Crippen LogP contribution in [0.15, 0.2) is 34.9 Å². The molecule has 0 saturated heterocycles. The number of nitrogens with zero attached hydrogens (tertiary/aromatic N) is 1. The molecule has 0 aliphatic heterocycles. The number of aromatic carboxylic acids is 1. The van der Waals surface area contributed by atoms with E-state index in [4.69, 9.17) is 28.3 Å². The number of amides is 1. The van der Waals surface area contributed by atoms with Crippen LogP contribution in [0.4, 0.5) is 5.69 Å². The molecule has 1 heterocycles. The van der Waals surface area contributed by atoms with E-state index in [1.165, 1.54) is 12.1 Å². The van der Waals surface area contributed by atoms with Crippen molar-refractivity contribution in [2.24, 2.45) is 0 Å². The van der Waals surface area contributed by atoms with E-state index in [9.17, 15) is 9.59 Å². The Morgan fingerprint density at radius 2 is 1.86 bits per heavy atom. The van der Waals surface area contributed by atoms with Crippen LogP contribution in [0.1, 0.15) is 20.8 Å². The maximum atomic E-state index is 12.0. The molecular weight excluding hydrogens is 383 g/mol. The van der Waals surface area contributed by atoms with E-state index in [2.05, 4.69) is 26.2 Å². The number of aromatic nitrogens is 1. The summed E-state index contributed by atoms with van der Waals surface area (Å²) in [5.74, 6) is -1.63. The van der Waals surface area contributed by atoms with Crippen molar-refractivity contribution in [2.45, 2.75) is 0 Å². The second-order valence-electron chi connectivity index (χ2n) is 3.91. The van der Waals surface area contributed by atoms with Crippen LogP contribution < -0.4 is 5.32 Å². The van der Waals surface area contributed by atoms with Crippen LogP contribution in [-0.2, 0) is 0 Å². The van der Waals surface area contributed by atoms with Crippen molar-refractivity contribution in [1.29, 1.82) is 0 Å². The molecule has 0 aliphatic rings. The highest BCUT2D eigenvalue weighted by molar-refractivity contribution is 9.10. The number of halogens is 3. The van der Waals surface area contributed by atoms with Crippen molar-refractivity contribution in [3.8, 4) is 0 Å². The molecule has 8 heteroatoms. The van der Waals surface area contributed by atoms with Crippen molar-refractivity contribution in [3.63, 3.8) is 0 Å². The van der Waals surface area contributed by atoms with Gasteiger partial charge in [0.2, 0.25) is 0 Å². The van der Waals surface area contributed by atoms with Gasteiger partial charge < -0.3 is 10.4 Å². The lowest BCUT2D eigenvalue weighted by molar-refractivity contribution is 0.0696. The minimum absolute atomic E-state index is 0.00346. The van der Waals surface area contributed by atoms with Gasteiger partial charge in [0.15, 0.2) is 0 Å². The smallest absolute Gasteiger partial charge is 0.337 e. The highest BCUT2D eigenvalue weighted by Crippen LogP contribution is 2.35. The Kier molecular flexibility index (Phi) is 4.82. The van der Waals surface area contributed by atoms with Crippen LogP contribution in [-0.4, -0.2) is 22.0 Å². The van der Waals surface area contributed by atoms with E-state index < -0.39 is 11.9 Å².